The summed E-state index contributed by atoms with van der Waals surface area (Å²) in [5.41, 5.74) is 3.38. The Kier molecular flexibility index (Phi) is 5.44. The summed E-state index contributed by atoms with van der Waals surface area (Å²) in [5.74, 6) is -0.290. The first-order valence-electron chi connectivity index (χ1n) is 9.15. The molecular weight excluding hydrogens is 417 g/mol. The highest BCUT2D eigenvalue weighted by atomic mass is 32.1. The standard InChI is InChI=1S/C20H17F3N4O2S/c21-20(22,23)29-14-3-1-2-13(8-14)16-5-4-12(9-24-16)10-27-7-6-17-15(11-27)18(28)26-19(30)25-17/h1-5,8-9H,6-7,10-11H2,(H2,25,26,28,30). The number of aromatic nitrogens is 3. The Labute approximate surface area is 174 Å². The van der Waals surface area contributed by atoms with E-state index >= 15 is 0 Å². The first-order chi connectivity index (χ1) is 14.3. The predicted molar refractivity (Wildman–Crippen MR) is 106 cm³/mol. The second-order valence-electron chi connectivity index (χ2n) is 6.95. The van der Waals surface area contributed by atoms with E-state index in [4.69, 9.17) is 12.2 Å². The van der Waals surface area contributed by atoms with Gasteiger partial charge in [0.15, 0.2) is 4.77 Å². The third-order valence-electron chi connectivity index (χ3n) is 4.78. The molecule has 0 amide bonds. The fourth-order valence-electron chi connectivity index (χ4n) is 3.45. The number of halogens is 3. The summed E-state index contributed by atoms with van der Waals surface area (Å²) in [6.45, 7) is 1.86. The second-order valence-corrected chi connectivity index (χ2v) is 7.36. The van der Waals surface area contributed by atoms with Crippen molar-refractivity contribution < 1.29 is 17.9 Å². The van der Waals surface area contributed by atoms with Gasteiger partial charge in [-0.2, -0.15) is 0 Å². The van der Waals surface area contributed by atoms with E-state index in [1.54, 1.807) is 18.3 Å². The number of H-pyrrole nitrogens is 2. The molecule has 156 valence electrons. The maximum atomic E-state index is 12.4. The molecule has 0 radical (unpaired) electrons. The van der Waals surface area contributed by atoms with Crippen molar-refractivity contribution in [1.82, 2.24) is 19.9 Å². The molecule has 1 aliphatic rings. The third kappa shape index (κ3) is 4.77. The number of hydrogen-bond donors (Lipinski definition) is 2. The lowest BCUT2D eigenvalue weighted by atomic mass is 10.1. The molecule has 0 aliphatic carbocycles. The van der Waals surface area contributed by atoms with Crippen LogP contribution in [0.3, 0.4) is 0 Å². The van der Waals surface area contributed by atoms with Crippen molar-refractivity contribution >= 4 is 12.2 Å². The zero-order valence-electron chi connectivity index (χ0n) is 15.6. The topological polar surface area (TPSA) is 74.0 Å². The van der Waals surface area contributed by atoms with Crippen LogP contribution in [0.4, 0.5) is 13.2 Å². The number of pyridine rings is 1. The molecule has 0 saturated heterocycles. The Balaban J connectivity index is 1.46. The molecule has 0 spiro atoms. The number of alkyl halides is 3. The molecule has 2 aromatic heterocycles. The minimum absolute atomic E-state index is 0.173. The molecule has 3 heterocycles. The van der Waals surface area contributed by atoms with Gasteiger partial charge in [0.1, 0.15) is 5.75 Å². The zero-order chi connectivity index (χ0) is 21.3. The summed E-state index contributed by atoms with van der Waals surface area (Å²) in [4.78, 5) is 24.3. The van der Waals surface area contributed by atoms with Crippen LogP contribution in [0.5, 0.6) is 5.75 Å². The first-order valence-corrected chi connectivity index (χ1v) is 9.55. The Bertz CT molecular complexity index is 1170. The Hall–Kier alpha value is -2.98. The number of nitrogens with one attached hydrogen (secondary N) is 2. The average molecular weight is 434 g/mol. The molecule has 1 aliphatic heterocycles. The number of hydrogen-bond acceptors (Lipinski definition) is 5. The smallest absolute Gasteiger partial charge is 0.406 e. The van der Waals surface area contributed by atoms with Crippen LogP contribution < -0.4 is 10.3 Å². The fourth-order valence-corrected chi connectivity index (χ4v) is 3.66. The van der Waals surface area contributed by atoms with Gasteiger partial charge in [0.05, 0.1) is 11.3 Å². The molecule has 2 N–H and O–H groups in total. The molecule has 4 rings (SSSR count). The summed E-state index contributed by atoms with van der Waals surface area (Å²) in [7, 11) is 0. The van der Waals surface area contributed by atoms with Crippen molar-refractivity contribution in [3.63, 3.8) is 0 Å². The molecule has 3 aromatic rings. The van der Waals surface area contributed by atoms with Crippen LogP contribution in [-0.4, -0.2) is 32.8 Å². The van der Waals surface area contributed by atoms with Crippen molar-refractivity contribution in [2.45, 2.75) is 25.9 Å². The average Bonchev–Trinajstić information content (AvgIpc) is 2.68. The minimum atomic E-state index is -4.74. The third-order valence-corrected chi connectivity index (χ3v) is 4.99. The molecular formula is C20H17F3N4O2S. The Morgan fingerprint density at radius 3 is 2.77 bits per heavy atom. The van der Waals surface area contributed by atoms with Crippen LogP contribution in [0.2, 0.25) is 0 Å². The van der Waals surface area contributed by atoms with E-state index in [1.807, 2.05) is 6.07 Å². The highest BCUT2D eigenvalue weighted by Crippen LogP contribution is 2.27. The lowest BCUT2D eigenvalue weighted by molar-refractivity contribution is -0.274. The Morgan fingerprint density at radius 2 is 2.03 bits per heavy atom. The summed E-state index contributed by atoms with van der Waals surface area (Å²) in [6, 6.07) is 9.33. The highest BCUT2D eigenvalue weighted by Gasteiger charge is 2.31. The van der Waals surface area contributed by atoms with Gasteiger partial charge in [0, 0.05) is 43.5 Å². The van der Waals surface area contributed by atoms with Crippen LogP contribution >= 0.6 is 12.2 Å². The maximum Gasteiger partial charge on any atom is 0.573 e. The number of fused-ring (bicyclic) bond motifs is 1. The van der Waals surface area contributed by atoms with Crippen LogP contribution in [0.1, 0.15) is 16.8 Å². The largest absolute Gasteiger partial charge is 0.573 e. The summed E-state index contributed by atoms with van der Waals surface area (Å²) >= 11 is 5.01. The number of aromatic amines is 2. The molecule has 1 aromatic carbocycles. The molecule has 6 nitrogen and oxygen atoms in total. The van der Waals surface area contributed by atoms with Gasteiger partial charge in [0.25, 0.3) is 5.56 Å². The lowest BCUT2D eigenvalue weighted by Gasteiger charge is -2.27. The fraction of sp³-hybridized carbons (Fsp3) is 0.250. The quantitative estimate of drug-likeness (QED) is 0.609. The van der Waals surface area contributed by atoms with E-state index in [-0.39, 0.29) is 11.3 Å². The summed E-state index contributed by atoms with van der Waals surface area (Å²) in [6.07, 6.45) is -2.36. The van der Waals surface area contributed by atoms with Crippen molar-refractivity contribution in [2.75, 3.05) is 6.54 Å². The predicted octanol–water partition coefficient (Wildman–Crippen LogP) is 3.95. The van der Waals surface area contributed by atoms with E-state index in [1.165, 1.54) is 18.2 Å². The summed E-state index contributed by atoms with van der Waals surface area (Å²) < 4.78 is 41.5. The van der Waals surface area contributed by atoms with E-state index in [0.717, 1.165) is 17.8 Å². The number of nitrogens with zero attached hydrogens (tertiary/aromatic N) is 2. The SMILES string of the molecule is O=c1[nH]c(=S)[nH]c2c1CN(Cc1ccc(-c3cccc(OC(F)(F)F)c3)nc1)CC2. The van der Waals surface area contributed by atoms with Gasteiger partial charge in [-0.25, -0.2) is 0 Å². The molecule has 0 fully saturated rings. The number of ether oxygens (including phenoxy) is 1. The van der Waals surface area contributed by atoms with E-state index in [2.05, 4.69) is 24.6 Å². The molecule has 0 saturated carbocycles. The van der Waals surface area contributed by atoms with Gasteiger partial charge in [-0.1, -0.05) is 18.2 Å². The molecule has 0 bridgehead atoms. The Morgan fingerprint density at radius 1 is 1.20 bits per heavy atom. The van der Waals surface area contributed by atoms with Crippen molar-refractivity contribution in [3.8, 4) is 17.0 Å². The number of benzene rings is 1. The van der Waals surface area contributed by atoms with Gasteiger partial charge < -0.3 is 9.72 Å². The highest BCUT2D eigenvalue weighted by molar-refractivity contribution is 7.71. The van der Waals surface area contributed by atoms with E-state index in [9.17, 15) is 18.0 Å². The van der Waals surface area contributed by atoms with E-state index < -0.39 is 6.36 Å². The number of rotatable bonds is 4. The zero-order valence-corrected chi connectivity index (χ0v) is 16.4. The molecule has 30 heavy (non-hydrogen) atoms. The van der Waals surface area contributed by atoms with Crippen molar-refractivity contribution in [1.29, 1.82) is 0 Å². The molecule has 10 heteroatoms. The van der Waals surface area contributed by atoms with Gasteiger partial charge in [-0.3, -0.25) is 19.7 Å². The van der Waals surface area contributed by atoms with E-state index in [0.29, 0.717) is 41.1 Å². The van der Waals surface area contributed by atoms with Crippen LogP contribution in [0.25, 0.3) is 11.3 Å². The summed E-state index contributed by atoms with van der Waals surface area (Å²) in [5, 5.41) is 0. The van der Waals surface area contributed by atoms with Gasteiger partial charge in [-0.05, 0) is 36.0 Å². The minimum Gasteiger partial charge on any atom is -0.406 e. The molecule has 0 atom stereocenters. The van der Waals surface area contributed by atoms with Crippen molar-refractivity contribution in [2.24, 2.45) is 0 Å². The lowest BCUT2D eigenvalue weighted by Crippen LogP contribution is -2.35. The van der Waals surface area contributed by atoms with Crippen LogP contribution in [0.15, 0.2) is 47.4 Å². The van der Waals surface area contributed by atoms with Crippen molar-refractivity contribution in [3.05, 3.63) is 74.5 Å². The second kappa shape index (κ2) is 8.04. The first kappa shape index (κ1) is 20.3. The maximum absolute atomic E-state index is 12.4. The monoisotopic (exact) mass is 434 g/mol. The molecule has 0 unspecified atom stereocenters. The normalized spacial score (nSPS) is 14.4. The van der Waals surface area contributed by atoms with Gasteiger partial charge in [-0.15, -0.1) is 13.2 Å². The van der Waals surface area contributed by atoms with Gasteiger partial charge >= 0.3 is 6.36 Å². The van der Waals surface area contributed by atoms with Crippen LogP contribution in [0, 0.1) is 4.77 Å². The van der Waals surface area contributed by atoms with Crippen LogP contribution in [-0.2, 0) is 19.5 Å². The van der Waals surface area contributed by atoms with Gasteiger partial charge in [0.2, 0.25) is 0 Å².